The number of aromatic nitrogens is 4. The average Bonchev–Trinajstić information content (AvgIpc) is 3.71. The number of carbonyl (C=O) groups excluding carboxylic acids is 3. The van der Waals surface area contributed by atoms with Gasteiger partial charge in [0.15, 0.2) is 35.4 Å². The minimum Gasteiger partial charge on any atom is -0.469 e. The fraction of sp³-hybridized carbons (Fsp3) is 0.500. The number of rotatable bonds is 6. The van der Waals surface area contributed by atoms with Crippen LogP contribution in [0.3, 0.4) is 0 Å². The maximum absolute atomic E-state index is 14.4. The van der Waals surface area contributed by atoms with Crippen molar-refractivity contribution in [2.24, 2.45) is 0 Å². The van der Waals surface area contributed by atoms with Gasteiger partial charge >= 0.3 is 17.9 Å². The van der Waals surface area contributed by atoms with Crippen LogP contribution in [0.5, 0.6) is 0 Å². The summed E-state index contributed by atoms with van der Waals surface area (Å²) in [6.45, 7) is 2.99. The Morgan fingerprint density at radius 2 is 1.83 bits per heavy atom. The van der Waals surface area contributed by atoms with Gasteiger partial charge in [-0.2, -0.15) is 9.97 Å². The van der Waals surface area contributed by atoms with Crippen molar-refractivity contribution in [1.82, 2.24) is 19.5 Å². The summed E-state index contributed by atoms with van der Waals surface area (Å²) in [6, 6.07) is 4.77. The Bertz CT molecular complexity index is 1580. The van der Waals surface area contributed by atoms with Crippen molar-refractivity contribution >= 4 is 52.2 Å². The second-order valence-electron chi connectivity index (χ2n) is 10.9. The Kier molecular flexibility index (Phi) is 7.26. The van der Waals surface area contributed by atoms with E-state index in [4.69, 9.17) is 30.5 Å². The molecular weight excluding hydrogens is 573 g/mol. The fourth-order valence-electron chi connectivity index (χ4n) is 6.55. The maximum Gasteiger partial charge on any atom is 0.308 e. The third kappa shape index (κ3) is 4.83. The quantitative estimate of drug-likeness (QED) is 0.231. The highest BCUT2D eigenvalue weighted by Crippen LogP contribution is 2.53. The second kappa shape index (κ2) is 10.8. The van der Waals surface area contributed by atoms with E-state index in [0.29, 0.717) is 17.9 Å². The standard InChI is InChI=1S/C28H29ClFN5O7/c1-14(36)40-22-19(11-20(38)39-3)42-26(23(22)41-15(2)37)35-13-31-21-24(32-27(29)33-25(21)35)34-12-28(8-4-5-9-28)17-10-16(30)6-7-18(17)34/h6-7,10,13,19,22-23,26H,4-5,8-9,11-12H2,1-3H3/t19-,22-,23-,26-/m1/s1. The number of fused-ring (bicyclic) bond motifs is 3. The Balaban J connectivity index is 1.44. The lowest BCUT2D eigenvalue weighted by Gasteiger charge is -2.25. The molecule has 42 heavy (non-hydrogen) atoms. The number of methoxy groups -OCH3 is 1. The van der Waals surface area contributed by atoms with Crippen molar-refractivity contribution in [3.05, 3.63) is 41.2 Å². The van der Waals surface area contributed by atoms with E-state index in [0.717, 1.165) is 36.9 Å². The van der Waals surface area contributed by atoms with Gasteiger partial charge in [-0.1, -0.05) is 12.8 Å². The highest BCUT2D eigenvalue weighted by molar-refractivity contribution is 6.28. The zero-order valence-corrected chi connectivity index (χ0v) is 24.0. The van der Waals surface area contributed by atoms with Crippen molar-refractivity contribution in [3.63, 3.8) is 0 Å². The van der Waals surface area contributed by atoms with Crippen molar-refractivity contribution in [2.75, 3.05) is 18.6 Å². The number of anilines is 2. The lowest BCUT2D eigenvalue weighted by Crippen LogP contribution is -2.39. The monoisotopic (exact) mass is 601 g/mol. The molecule has 4 atom stereocenters. The highest BCUT2D eigenvalue weighted by atomic mass is 35.5. The summed E-state index contributed by atoms with van der Waals surface area (Å²) in [7, 11) is 1.23. The molecule has 3 aliphatic rings. The first-order valence-electron chi connectivity index (χ1n) is 13.6. The minimum atomic E-state index is -1.15. The van der Waals surface area contributed by atoms with Crippen LogP contribution in [0.1, 0.15) is 57.7 Å². The molecule has 2 fully saturated rings. The first-order valence-corrected chi connectivity index (χ1v) is 14.0. The molecule has 3 aromatic rings. The SMILES string of the molecule is COC(=O)C[C@H]1O[C@@H](n2cnc3c(N4CC5(CCCC5)c5cc(F)ccc54)nc(Cl)nc32)[C@H](OC(C)=O)[C@@H]1OC(C)=O. The number of hydrogen-bond donors (Lipinski definition) is 0. The fourth-order valence-corrected chi connectivity index (χ4v) is 6.71. The predicted octanol–water partition coefficient (Wildman–Crippen LogP) is 3.91. The molecule has 1 saturated heterocycles. The van der Waals surface area contributed by atoms with Gasteiger partial charge in [0.1, 0.15) is 11.9 Å². The van der Waals surface area contributed by atoms with Gasteiger partial charge in [0, 0.05) is 31.5 Å². The van der Waals surface area contributed by atoms with Crippen LogP contribution in [0.25, 0.3) is 11.2 Å². The van der Waals surface area contributed by atoms with Crippen LogP contribution in [0.2, 0.25) is 5.28 Å². The highest BCUT2D eigenvalue weighted by Gasteiger charge is 2.52. The largest absolute Gasteiger partial charge is 0.469 e. The molecule has 14 heteroatoms. The molecule has 1 saturated carbocycles. The van der Waals surface area contributed by atoms with Crippen LogP contribution in [-0.4, -0.2) is 69.4 Å². The molecule has 1 aliphatic carbocycles. The first-order chi connectivity index (χ1) is 20.1. The van der Waals surface area contributed by atoms with E-state index in [1.807, 2.05) is 4.90 Å². The summed E-state index contributed by atoms with van der Waals surface area (Å²) in [5.74, 6) is -1.76. The van der Waals surface area contributed by atoms with Crippen molar-refractivity contribution in [1.29, 1.82) is 0 Å². The normalized spacial score (nSPS) is 24.3. The van der Waals surface area contributed by atoms with E-state index in [1.54, 1.807) is 12.1 Å². The smallest absolute Gasteiger partial charge is 0.308 e. The molecule has 0 amide bonds. The molecule has 0 unspecified atom stereocenters. The topological polar surface area (TPSA) is 135 Å². The molecule has 1 spiro atoms. The summed E-state index contributed by atoms with van der Waals surface area (Å²) in [6.07, 6.45) is 0.782. The van der Waals surface area contributed by atoms with E-state index < -0.39 is 42.4 Å². The number of nitrogens with zero attached hydrogens (tertiary/aromatic N) is 5. The number of hydrogen-bond acceptors (Lipinski definition) is 11. The molecular formula is C28H29ClFN5O7. The third-order valence-electron chi connectivity index (χ3n) is 8.23. The van der Waals surface area contributed by atoms with Gasteiger partial charge < -0.3 is 23.8 Å². The predicted molar refractivity (Wildman–Crippen MR) is 146 cm³/mol. The molecule has 0 radical (unpaired) electrons. The third-order valence-corrected chi connectivity index (χ3v) is 8.40. The molecule has 2 aliphatic heterocycles. The van der Waals surface area contributed by atoms with Gasteiger partial charge in [-0.25, -0.2) is 9.37 Å². The van der Waals surface area contributed by atoms with Crippen molar-refractivity contribution < 1.29 is 37.7 Å². The van der Waals surface area contributed by atoms with Gasteiger partial charge in [0.2, 0.25) is 5.28 Å². The van der Waals surface area contributed by atoms with E-state index in [2.05, 4.69) is 15.0 Å². The lowest BCUT2D eigenvalue weighted by molar-refractivity contribution is -0.165. The van der Waals surface area contributed by atoms with Crippen LogP contribution in [0.4, 0.5) is 15.9 Å². The summed E-state index contributed by atoms with van der Waals surface area (Å²) in [4.78, 5) is 51.8. The molecule has 2 aromatic heterocycles. The van der Waals surface area contributed by atoms with Crippen LogP contribution in [0, 0.1) is 5.82 Å². The zero-order valence-electron chi connectivity index (χ0n) is 23.2. The van der Waals surface area contributed by atoms with Crippen LogP contribution in [0.15, 0.2) is 24.5 Å². The zero-order chi connectivity index (χ0) is 29.8. The molecule has 0 bridgehead atoms. The number of benzene rings is 1. The van der Waals surface area contributed by atoms with Gasteiger partial charge in [0.25, 0.3) is 0 Å². The maximum atomic E-state index is 14.4. The number of imidazole rings is 1. The minimum absolute atomic E-state index is 0.0695. The molecule has 6 rings (SSSR count). The number of carbonyl (C=O) groups is 3. The molecule has 4 heterocycles. The summed E-state index contributed by atoms with van der Waals surface area (Å²) in [5.41, 5.74) is 2.20. The Hall–Kier alpha value is -3.84. The molecule has 0 N–H and O–H groups in total. The number of ether oxygens (including phenoxy) is 4. The van der Waals surface area contributed by atoms with Gasteiger partial charge in [-0.05, 0) is 48.2 Å². The van der Waals surface area contributed by atoms with E-state index in [-0.39, 0.29) is 28.6 Å². The van der Waals surface area contributed by atoms with E-state index in [9.17, 15) is 18.8 Å². The summed E-state index contributed by atoms with van der Waals surface area (Å²) >= 11 is 6.47. The second-order valence-corrected chi connectivity index (χ2v) is 11.2. The van der Waals surface area contributed by atoms with Gasteiger partial charge in [-0.15, -0.1) is 0 Å². The average molecular weight is 602 g/mol. The number of halogens is 2. The van der Waals surface area contributed by atoms with Crippen molar-refractivity contribution in [2.45, 2.75) is 75.9 Å². The van der Waals surface area contributed by atoms with E-state index >= 15 is 0 Å². The number of esters is 3. The van der Waals surface area contributed by atoms with E-state index in [1.165, 1.54) is 37.9 Å². The molecule has 1 aromatic carbocycles. The Labute approximate surface area is 245 Å². The Morgan fingerprint density at radius 1 is 1.12 bits per heavy atom. The van der Waals surface area contributed by atoms with Gasteiger partial charge in [0.05, 0.1) is 19.9 Å². The van der Waals surface area contributed by atoms with Crippen LogP contribution >= 0.6 is 11.6 Å². The summed E-state index contributed by atoms with van der Waals surface area (Å²) < 4.78 is 37.9. The molecule has 222 valence electrons. The van der Waals surface area contributed by atoms with Crippen molar-refractivity contribution in [3.8, 4) is 0 Å². The Morgan fingerprint density at radius 3 is 2.52 bits per heavy atom. The van der Waals surface area contributed by atoms with Crippen LogP contribution in [-0.2, 0) is 38.7 Å². The van der Waals surface area contributed by atoms with Crippen LogP contribution < -0.4 is 4.90 Å². The van der Waals surface area contributed by atoms with Gasteiger partial charge in [-0.3, -0.25) is 19.0 Å². The summed E-state index contributed by atoms with van der Waals surface area (Å²) in [5, 5.41) is -0.0695. The lowest BCUT2D eigenvalue weighted by atomic mass is 9.81. The molecule has 12 nitrogen and oxygen atoms in total. The first kappa shape index (κ1) is 28.3.